The third-order valence-electron chi connectivity index (χ3n) is 3.22. The predicted molar refractivity (Wildman–Crippen MR) is 95.6 cm³/mol. The van der Waals surface area contributed by atoms with Crippen LogP contribution in [0.25, 0.3) is 10.2 Å². The maximum Gasteiger partial charge on any atom is 0.234 e. The normalized spacial score (nSPS) is 10.8. The lowest BCUT2D eigenvalue weighted by Crippen LogP contribution is -2.14. The molecule has 1 aromatic heterocycles. The van der Waals surface area contributed by atoms with Crippen LogP contribution in [-0.4, -0.2) is 16.6 Å². The van der Waals surface area contributed by atoms with Crippen LogP contribution in [0, 0.1) is 6.92 Å². The van der Waals surface area contributed by atoms with Crippen LogP contribution >= 0.6 is 23.1 Å². The van der Waals surface area contributed by atoms with Gasteiger partial charge in [-0.2, -0.15) is 0 Å². The molecule has 22 heavy (non-hydrogen) atoms. The highest BCUT2D eigenvalue weighted by Gasteiger charge is 2.07. The molecule has 5 heteroatoms. The zero-order chi connectivity index (χ0) is 15.4. The Kier molecular flexibility index (Phi) is 4.75. The van der Waals surface area contributed by atoms with Crippen molar-refractivity contribution in [3.8, 4) is 0 Å². The molecule has 3 aromatic rings. The van der Waals surface area contributed by atoms with Crippen LogP contribution in [0.2, 0.25) is 0 Å². The first kappa shape index (κ1) is 15.1. The summed E-state index contributed by atoms with van der Waals surface area (Å²) in [4.78, 5) is 16.6. The molecule has 0 aliphatic rings. The van der Waals surface area contributed by atoms with Crippen molar-refractivity contribution < 1.29 is 4.79 Å². The van der Waals surface area contributed by atoms with Gasteiger partial charge in [0, 0.05) is 11.4 Å². The van der Waals surface area contributed by atoms with Gasteiger partial charge in [0.05, 0.1) is 16.0 Å². The summed E-state index contributed by atoms with van der Waals surface area (Å²) in [5.74, 6) is 1.23. The topological polar surface area (TPSA) is 42.0 Å². The quantitative estimate of drug-likeness (QED) is 0.751. The first-order valence-electron chi connectivity index (χ1n) is 7.00. The molecule has 0 saturated carbocycles. The number of rotatable bonds is 5. The Bertz CT molecular complexity index is 765. The fraction of sp³-hybridized carbons (Fsp3) is 0.176. The number of aryl methyl sites for hydroxylation is 1. The molecule has 0 unspecified atom stereocenters. The number of thioether (sulfide) groups is 1. The molecule has 1 amide bonds. The lowest BCUT2D eigenvalue weighted by molar-refractivity contribution is -0.113. The predicted octanol–water partition coefficient (Wildman–Crippen LogP) is 4.48. The van der Waals surface area contributed by atoms with E-state index in [0.717, 1.165) is 27.5 Å². The van der Waals surface area contributed by atoms with Gasteiger partial charge in [0.25, 0.3) is 0 Å². The van der Waals surface area contributed by atoms with E-state index in [1.807, 2.05) is 49.4 Å². The Labute approximate surface area is 137 Å². The van der Waals surface area contributed by atoms with Gasteiger partial charge in [-0.15, -0.1) is 23.1 Å². The maximum absolute atomic E-state index is 12.0. The molecule has 2 aromatic carbocycles. The van der Waals surface area contributed by atoms with Crippen molar-refractivity contribution >= 4 is 44.9 Å². The summed E-state index contributed by atoms with van der Waals surface area (Å²) in [6.07, 6.45) is 0. The minimum atomic E-state index is 0.0282. The number of hydrogen-bond donors (Lipinski definition) is 1. The van der Waals surface area contributed by atoms with Gasteiger partial charge in [0.1, 0.15) is 5.01 Å². The highest BCUT2D eigenvalue weighted by molar-refractivity contribution is 7.99. The van der Waals surface area contributed by atoms with Crippen molar-refractivity contribution in [2.45, 2.75) is 12.7 Å². The van der Waals surface area contributed by atoms with E-state index < -0.39 is 0 Å². The SMILES string of the molecule is Cc1ccccc1NC(=O)CSCc1nc2ccccc2s1. The molecule has 0 saturated heterocycles. The second kappa shape index (κ2) is 6.94. The number of nitrogens with zero attached hydrogens (tertiary/aromatic N) is 1. The van der Waals surface area contributed by atoms with Crippen molar-refractivity contribution in [2.75, 3.05) is 11.1 Å². The van der Waals surface area contributed by atoms with Crippen molar-refractivity contribution in [1.29, 1.82) is 0 Å². The molecule has 1 heterocycles. The molecule has 0 fully saturated rings. The number of nitrogens with one attached hydrogen (secondary N) is 1. The average molecular weight is 328 g/mol. The van der Waals surface area contributed by atoms with Crippen molar-refractivity contribution in [2.24, 2.45) is 0 Å². The molecule has 0 spiro atoms. The molecule has 0 bridgehead atoms. The Hall–Kier alpha value is -1.85. The second-order valence-electron chi connectivity index (χ2n) is 4.93. The Balaban J connectivity index is 1.52. The van der Waals surface area contributed by atoms with Crippen LogP contribution in [0.1, 0.15) is 10.6 Å². The smallest absolute Gasteiger partial charge is 0.234 e. The van der Waals surface area contributed by atoms with Gasteiger partial charge in [-0.05, 0) is 30.7 Å². The van der Waals surface area contributed by atoms with Crippen LogP contribution in [0.15, 0.2) is 48.5 Å². The zero-order valence-corrected chi connectivity index (χ0v) is 13.8. The standard InChI is InChI=1S/C17H16N2OS2/c1-12-6-2-3-7-13(12)18-16(20)10-21-11-17-19-14-8-4-5-9-15(14)22-17/h2-9H,10-11H2,1H3,(H,18,20). The number of fused-ring (bicyclic) bond motifs is 1. The number of benzene rings is 2. The van der Waals surface area contributed by atoms with E-state index in [2.05, 4.69) is 16.4 Å². The Morgan fingerprint density at radius 2 is 1.95 bits per heavy atom. The number of thiazole rings is 1. The van der Waals surface area contributed by atoms with Crippen LogP contribution in [-0.2, 0) is 10.5 Å². The molecule has 112 valence electrons. The van der Waals surface area contributed by atoms with E-state index in [-0.39, 0.29) is 5.91 Å². The largest absolute Gasteiger partial charge is 0.325 e. The van der Waals surface area contributed by atoms with E-state index in [4.69, 9.17) is 0 Å². The third-order valence-corrected chi connectivity index (χ3v) is 5.38. The van der Waals surface area contributed by atoms with Crippen molar-refractivity contribution in [3.63, 3.8) is 0 Å². The number of anilines is 1. The van der Waals surface area contributed by atoms with Crippen LogP contribution in [0.4, 0.5) is 5.69 Å². The van der Waals surface area contributed by atoms with Gasteiger partial charge in [-0.1, -0.05) is 30.3 Å². The van der Waals surface area contributed by atoms with Crippen LogP contribution in [0.3, 0.4) is 0 Å². The molecular formula is C17H16N2OS2. The Morgan fingerprint density at radius 3 is 2.77 bits per heavy atom. The first-order chi connectivity index (χ1) is 10.7. The Morgan fingerprint density at radius 1 is 1.18 bits per heavy atom. The highest BCUT2D eigenvalue weighted by Crippen LogP contribution is 2.24. The molecule has 0 atom stereocenters. The van der Waals surface area contributed by atoms with Crippen LogP contribution in [0.5, 0.6) is 0 Å². The van der Waals surface area contributed by atoms with E-state index in [0.29, 0.717) is 5.75 Å². The minimum Gasteiger partial charge on any atom is -0.325 e. The van der Waals surface area contributed by atoms with E-state index >= 15 is 0 Å². The summed E-state index contributed by atoms with van der Waals surface area (Å²) in [6.45, 7) is 1.99. The molecule has 0 aliphatic carbocycles. The van der Waals surface area contributed by atoms with E-state index in [1.165, 1.54) is 4.70 Å². The maximum atomic E-state index is 12.0. The third kappa shape index (κ3) is 3.67. The minimum absolute atomic E-state index is 0.0282. The number of aromatic nitrogens is 1. The fourth-order valence-electron chi connectivity index (χ4n) is 2.11. The number of carbonyl (C=O) groups excluding carboxylic acids is 1. The van der Waals surface area contributed by atoms with Gasteiger partial charge in [0.15, 0.2) is 0 Å². The van der Waals surface area contributed by atoms with E-state index in [1.54, 1.807) is 23.1 Å². The second-order valence-corrected chi connectivity index (χ2v) is 7.03. The van der Waals surface area contributed by atoms with Gasteiger partial charge < -0.3 is 5.32 Å². The van der Waals surface area contributed by atoms with Gasteiger partial charge in [-0.25, -0.2) is 4.98 Å². The lowest BCUT2D eigenvalue weighted by atomic mass is 10.2. The monoisotopic (exact) mass is 328 g/mol. The molecular weight excluding hydrogens is 312 g/mol. The average Bonchev–Trinajstić information content (AvgIpc) is 2.92. The summed E-state index contributed by atoms with van der Waals surface area (Å²) in [6, 6.07) is 15.9. The summed E-state index contributed by atoms with van der Waals surface area (Å²) in [7, 11) is 0. The molecule has 1 N–H and O–H groups in total. The van der Waals surface area contributed by atoms with Gasteiger partial charge in [0.2, 0.25) is 5.91 Å². The number of carbonyl (C=O) groups is 1. The summed E-state index contributed by atoms with van der Waals surface area (Å²) in [5, 5.41) is 4.01. The van der Waals surface area contributed by atoms with Gasteiger partial charge in [-0.3, -0.25) is 4.79 Å². The van der Waals surface area contributed by atoms with E-state index in [9.17, 15) is 4.79 Å². The molecule has 0 aliphatic heterocycles. The zero-order valence-electron chi connectivity index (χ0n) is 12.2. The first-order valence-corrected chi connectivity index (χ1v) is 8.97. The number of amides is 1. The summed E-state index contributed by atoms with van der Waals surface area (Å²) < 4.78 is 1.20. The van der Waals surface area contributed by atoms with Crippen molar-refractivity contribution in [3.05, 3.63) is 59.1 Å². The number of hydrogen-bond acceptors (Lipinski definition) is 4. The highest BCUT2D eigenvalue weighted by atomic mass is 32.2. The molecule has 3 rings (SSSR count). The lowest BCUT2D eigenvalue weighted by Gasteiger charge is -2.07. The number of para-hydroxylation sites is 2. The van der Waals surface area contributed by atoms with Gasteiger partial charge >= 0.3 is 0 Å². The summed E-state index contributed by atoms with van der Waals surface area (Å²) in [5.41, 5.74) is 2.99. The molecule has 3 nitrogen and oxygen atoms in total. The fourth-order valence-corrected chi connectivity index (χ4v) is 3.96. The molecule has 0 radical (unpaired) electrons. The van der Waals surface area contributed by atoms with Crippen molar-refractivity contribution in [1.82, 2.24) is 4.98 Å². The summed E-state index contributed by atoms with van der Waals surface area (Å²) >= 11 is 3.28. The van der Waals surface area contributed by atoms with Crippen LogP contribution < -0.4 is 5.32 Å².